The van der Waals surface area contributed by atoms with Gasteiger partial charge in [0.1, 0.15) is 0 Å². The van der Waals surface area contributed by atoms with Gasteiger partial charge < -0.3 is 5.73 Å². The standard InChI is InChI=1S/C10H21NS2/c11-7-3-1-2-4-8-12-13-9-10-5-6-10/h10H,1-9,11H2. The monoisotopic (exact) mass is 219 g/mol. The van der Waals surface area contributed by atoms with Crippen molar-refractivity contribution in [3.8, 4) is 0 Å². The molecule has 0 amide bonds. The Hall–Kier alpha value is 0.660. The van der Waals surface area contributed by atoms with Crippen LogP contribution >= 0.6 is 21.6 Å². The molecule has 1 aliphatic carbocycles. The summed E-state index contributed by atoms with van der Waals surface area (Å²) in [6.45, 7) is 0.865. The van der Waals surface area contributed by atoms with E-state index in [4.69, 9.17) is 5.73 Å². The zero-order chi connectivity index (χ0) is 9.36. The third-order valence-corrected chi connectivity index (χ3v) is 4.90. The van der Waals surface area contributed by atoms with Crippen LogP contribution in [0.2, 0.25) is 0 Å². The maximum atomic E-state index is 5.42. The van der Waals surface area contributed by atoms with Crippen LogP contribution in [0, 0.1) is 5.92 Å². The van der Waals surface area contributed by atoms with E-state index in [1.54, 1.807) is 0 Å². The van der Waals surface area contributed by atoms with E-state index in [2.05, 4.69) is 21.6 Å². The summed E-state index contributed by atoms with van der Waals surface area (Å²) in [5, 5.41) is 0. The van der Waals surface area contributed by atoms with Crippen LogP contribution in [0.25, 0.3) is 0 Å². The van der Waals surface area contributed by atoms with Gasteiger partial charge in [0.2, 0.25) is 0 Å². The van der Waals surface area contributed by atoms with Crippen molar-refractivity contribution in [3.63, 3.8) is 0 Å². The molecule has 0 bridgehead atoms. The van der Waals surface area contributed by atoms with Gasteiger partial charge in [0.15, 0.2) is 0 Å². The molecule has 78 valence electrons. The summed E-state index contributed by atoms with van der Waals surface area (Å²) in [4.78, 5) is 0. The Morgan fingerprint density at radius 2 is 1.77 bits per heavy atom. The van der Waals surface area contributed by atoms with Crippen molar-refractivity contribution in [2.75, 3.05) is 18.1 Å². The minimum absolute atomic E-state index is 0.865. The van der Waals surface area contributed by atoms with Crippen molar-refractivity contribution in [2.45, 2.75) is 38.5 Å². The molecule has 0 aromatic rings. The first-order valence-electron chi connectivity index (χ1n) is 5.38. The van der Waals surface area contributed by atoms with Crippen LogP contribution in [0.15, 0.2) is 0 Å². The fraction of sp³-hybridized carbons (Fsp3) is 1.00. The zero-order valence-electron chi connectivity index (χ0n) is 8.34. The second-order valence-electron chi connectivity index (χ2n) is 3.75. The van der Waals surface area contributed by atoms with E-state index >= 15 is 0 Å². The quantitative estimate of drug-likeness (QED) is 0.476. The van der Waals surface area contributed by atoms with E-state index in [0.29, 0.717) is 0 Å². The van der Waals surface area contributed by atoms with Crippen molar-refractivity contribution in [2.24, 2.45) is 11.7 Å². The molecule has 1 rings (SSSR count). The third kappa shape index (κ3) is 7.71. The summed E-state index contributed by atoms with van der Waals surface area (Å²) in [5.41, 5.74) is 5.42. The van der Waals surface area contributed by atoms with Crippen molar-refractivity contribution < 1.29 is 0 Å². The molecule has 0 saturated heterocycles. The fourth-order valence-electron chi connectivity index (χ4n) is 1.15. The average molecular weight is 219 g/mol. The summed E-state index contributed by atoms with van der Waals surface area (Å²) in [5.74, 6) is 3.81. The molecule has 0 aliphatic heterocycles. The Morgan fingerprint density at radius 3 is 2.46 bits per heavy atom. The van der Waals surface area contributed by atoms with Crippen LogP contribution < -0.4 is 5.73 Å². The maximum absolute atomic E-state index is 5.42. The van der Waals surface area contributed by atoms with Crippen molar-refractivity contribution in [1.29, 1.82) is 0 Å². The van der Waals surface area contributed by atoms with E-state index in [-0.39, 0.29) is 0 Å². The lowest BCUT2D eigenvalue weighted by Crippen LogP contribution is -1.97. The van der Waals surface area contributed by atoms with Crippen LogP contribution in [0.1, 0.15) is 38.5 Å². The molecular weight excluding hydrogens is 198 g/mol. The first-order valence-corrected chi connectivity index (χ1v) is 7.87. The molecule has 2 N–H and O–H groups in total. The summed E-state index contributed by atoms with van der Waals surface area (Å²) < 4.78 is 0. The van der Waals surface area contributed by atoms with Gasteiger partial charge in [0, 0.05) is 11.5 Å². The van der Waals surface area contributed by atoms with E-state index in [9.17, 15) is 0 Å². The highest BCUT2D eigenvalue weighted by Gasteiger charge is 2.20. The lowest BCUT2D eigenvalue weighted by Gasteiger charge is -2.00. The Bertz CT molecular complexity index is 115. The minimum Gasteiger partial charge on any atom is -0.330 e. The molecule has 3 heteroatoms. The number of nitrogens with two attached hydrogens (primary N) is 1. The molecule has 0 aromatic carbocycles. The Morgan fingerprint density at radius 1 is 1.00 bits per heavy atom. The van der Waals surface area contributed by atoms with Gasteiger partial charge in [-0.3, -0.25) is 0 Å². The molecule has 13 heavy (non-hydrogen) atoms. The summed E-state index contributed by atoms with van der Waals surface area (Å²) in [6, 6.07) is 0. The SMILES string of the molecule is NCCCCCCSSCC1CC1. The normalized spacial score (nSPS) is 16.4. The van der Waals surface area contributed by atoms with Gasteiger partial charge in [0.05, 0.1) is 0 Å². The molecule has 0 atom stereocenters. The largest absolute Gasteiger partial charge is 0.330 e. The first-order chi connectivity index (χ1) is 6.43. The van der Waals surface area contributed by atoms with Crippen molar-refractivity contribution in [3.05, 3.63) is 0 Å². The molecule has 0 unspecified atom stereocenters. The first kappa shape index (κ1) is 11.7. The number of hydrogen-bond acceptors (Lipinski definition) is 3. The van der Waals surface area contributed by atoms with Crippen LogP contribution in [0.5, 0.6) is 0 Å². The molecule has 1 saturated carbocycles. The van der Waals surface area contributed by atoms with Crippen molar-refractivity contribution >= 4 is 21.6 Å². The summed E-state index contributed by atoms with van der Waals surface area (Å²) in [6.07, 6.45) is 8.26. The van der Waals surface area contributed by atoms with E-state index < -0.39 is 0 Å². The number of hydrogen-bond donors (Lipinski definition) is 1. The topological polar surface area (TPSA) is 26.0 Å². The highest BCUT2D eigenvalue weighted by Crippen LogP contribution is 2.36. The average Bonchev–Trinajstić information content (AvgIpc) is 2.93. The van der Waals surface area contributed by atoms with Gasteiger partial charge in [0.25, 0.3) is 0 Å². The molecule has 0 spiro atoms. The van der Waals surface area contributed by atoms with Crippen LogP contribution in [0.4, 0.5) is 0 Å². The third-order valence-electron chi connectivity index (χ3n) is 2.27. The van der Waals surface area contributed by atoms with Gasteiger partial charge in [-0.05, 0) is 38.1 Å². The lowest BCUT2D eigenvalue weighted by atomic mass is 10.2. The molecule has 1 nitrogen and oxygen atoms in total. The Labute approximate surface area is 90.0 Å². The maximum Gasteiger partial charge on any atom is 0.00653 e. The molecule has 0 radical (unpaired) electrons. The molecule has 0 heterocycles. The summed E-state index contributed by atoms with van der Waals surface area (Å²) >= 11 is 0. The summed E-state index contributed by atoms with van der Waals surface area (Å²) in [7, 11) is 4.14. The molecule has 1 aliphatic rings. The van der Waals surface area contributed by atoms with Gasteiger partial charge in [-0.15, -0.1) is 0 Å². The van der Waals surface area contributed by atoms with Gasteiger partial charge in [-0.2, -0.15) is 0 Å². The van der Waals surface area contributed by atoms with Crippen molar-refractivity contribution in [1.82, 2.24) is 0 Å². The highest BCUT2D eigenvalue weighted by molar-refractivity contribution is 8.76. The second-order valence-corrected chi connectivity index (χ2v) is 6.38. The predicted octanol–water partition coefficient (Wildman–Crippen LogP) is 3.30. The molecule has 1 fully saturated rings. The number of rotatable bonds is 9. The second kappa shape index (κ2) is 8.01. The van der Waals surface area contributed by atoms with E-state index in [1.165, 1.54) is 50.0 Å². The smallest absolute Gasteiger partial charge is 0.00653 e. The van der Waals surface area contributed by atoms with Gasteiger partial charge >= 0.3 is 0 Å². The van der Waals surface area contributed by atoms with Crippen LogP contribution in [0.3, 0.4) is 0 Å². The predicted molar refractivity (Wildman–Crippen MR) is 65.2 cm³/mol. The van der Waals surface area contributed by atoms with E-state index in [1.807, 2.05) is 0 Å². The van der Waals surface area contributed by atoms with E-state index in [0.717, 1.165) is 12.5 Å². The zero-order valence-corrected chi connectivity index (χ0v) is 9.97. The Kier molecular flexibility index (Phi) is 7.23. The van der Waals surface area contributed by atoms with Crippen LogP contribution in [-0.4, -0.2) is 18.1 Å². The van der Waals surface area contributed by atoms with Crippen LogP contribution in [-0.2, 0) is 0 Å². The highest BCUT2D eigenvalue weighted by atomic mass is 33.1. The molecule has 0 aromatic heterocycles. The van der Waals surface area contributed by atoms with Gasteiger partial charge in [-0.1, -0.05) is 34.4 Å². The molecular formula is C10H21NS2. The Balaban J connectivity index is 1.63. The van der Waals surface area contributed by atoms with Gasteiger partial charge in [-0.25, -0.2) is 0 Å². The minimum atomic E-state index is 0.865. The fourth-order valence-corrected chi connectivity index (χ4v) is 3.78. The number of unbranched alkanes of at least 4 members (excludes halogenated alkanes) is 3. The lowest BCUT2D eigenvalue weighted by molar-refractivity contribution is 0.678.